The first kappa shape index (κ1) is 11.5. The molecule has 0 radical (unpaired) electrons. The lowest BCUT2D eigenvalue weighted by Gasteiger charge is -2.08. The van der Waals surface area contributed by atoms with Crippen LogP contribution in [0.1, 0.15) is 12.5 Å². The minimum atomic E-state index is -0.383. The zero-order valence-corrected chi connectivity index (χ0v) is 9.73. The van der Waals surface area contributed by atoms with Gasteiger partial charge in [-0.1, -0.05) is 22.9 Å². The topological polar surface area (TPSA) is 18.5 Å². The third-order valence-corrected chi connectivity index (χ3v) is 2.55. The maximum atomic E-state index is 13.3. The molecule has 0 saturated heterocycles. The van der Waals surface area contributed by atoms with Crippen LogP contribution < -0.4 is 4.74 Å². The molecule has 1 aromatic rings. The summed E-state index contributed by atoms with van der Waals surface area (Å²) in [5.74, 6) is -0.155. The van der Waals surface area contributed by atoms with Gasteiger partial charge in [0, 0.05) is 11.6 Å². The molecule has 0 aliphatic rings. The van der Waals surface area contributed by atoms with Crippen molar-refractivity contribution in [1.82, 2.24) is 0 Å². The van der Waals surface area contributed by atoms with E-state index in [1.807, 2.05) is 6.92 Å². The third kappa shape index (κ3) is 2.69. The van der Waals surface area contributed by atoms with E-state index in [0.717, 1.165) is 16.5 Å². The first-order valence-corrected chi connectivity index (χ1v) is 5.08. The van der Waals surface area contributed by atoms with E-state index in [4.69, 9.17) is 9.47 Å². The van der Waals surface area contributed by atoms with Crippen LogP contribution in [0.2, 0.25) is 0 Å². The summed E-state index contributed by atoms with van der Waals surface area (Å²) in [6.45, 7) is 2.06. The van der Waals surface area contributed by atoms with E-state index in [2.05, 4.69) is 15.9 Å². The quantitative estimate of drug-likeness (QED) is 0.777. The SMILES string of the molecule is CCc1cc(OCOC)c(F)cc1Br. The lowest BCUT2D eigenvalue weighted by Crippen LogP contribution is -2.01. The molecule has 0 aromatic heterocycles. The fourth-order valence-electron chi connectivity index (χ4n) is 1.08. The molecule has 1 rings (SSSR count). The van der Waals surface area contributed by atoms with Gasteiger partial charge in [0.05, 0.1) is 0 Å². The van der Waals surface area contributed by atoms with E-state index in [-0.39, 0.29) is 18.4 Å². The number of hydrogen-bond acceptors (Lipinski definition) is 2. The standard InChI is InChI=1S/C10H12BrFO2/c1-3-7-4-10(14-6-13-2)9(12)5-8(7)11/h4-5H,3,6H2,1-2H3. The molecule has 2 nitrogen and oxygen atoms in total. The Morgan fingerprint density at radius 2 is 2.14 bits per heavy atom. The molecule has 0 fully saturated rings. The van der Waals surface area contributed by atoms with E-state index < -0.39 is 0 Å². The molecule has 0 saturated carbocycles. The van der Waals surface area contributed by atoms with E-state index >= 15 is 0 Å². The monoisotopic (exact) mass is 262 g/mol. The Morgan fingerprint density at radius 1 is 1.43 bits per heavy atom. The normalized spacial score (nSPS) is 10.3. The van der Waals surface area contributed by atoms with Crippen LogP contribution in [0.5, 0.6) is 5.75 Å². The van der Waals surface area contributed by atoms with Gasteiger partial charge in [-0.3, -0.25) is 0 Å². The largest absolute Gasteiger partial charge is 0.464 e. The van der Waals surface area contributed by atoms with Crippen LogP contribution in [0.4, 0.5) is 4.39 Å². The van der Waals surface area contributed by atoms with Gasteiger partial charge in [-0.15, -0.1) is 0 Å². The summed E-state index contributed by atoms with van der Waals surface area (Å²) in [6.07, 6.45) is 0.824. The summed E-state index contributed by atoms with van der Waals surface area (Å²) in [6, 6.07) is 3.09. The molecule has 0 aliphatic carbocycles. The molecule has 14 heavy (non-hydrogen) atoms. The molecule has 0 spiro atoms. The highest BCUT2D eigenvalue weighted by molar-refractivity contribution is 9.10. The second-order valence-electron chi connectivity index (χ2n) is 2.78. The Bertz CT molecular complexity index is 315. The Kier molecular flexibility index (Phi) is 4.35. The van der Waals surface area contributed by atoms with Gasteiger partial charge in [-0.05, 0) is 24.1 Å². The Balaban J connectivity index is 2.92. The number of aryl methyl sites for hydroxylation is 1. The molecule has 4 heteroatoms. The van der Waals surface area contributed by atoms with Crippen molar-refractivity contribution >= 4 is 15.9 Å². The summed E-state index contributed by atoms with van der Waals surface area (Å²) in [5, 5.41) is 0. The predicted octanol–water partition coefficient (Wildman–Crippen LogP) is 3.13. The molecule has 78 valence electrons. The molecule has 0 aliphatic heterocycles. The first-order chi connectivity index (χ1) is 6.69. The van der Waals surface area contributed by atoms with Crippen LogP contribution in [0.15, 0.2) is 16.6 Å². The lowest BCUT2D eigenvalue weighted by atomic mass is 10.1. The predicted molar refractivity (Wildman–Crippen MR) is 56.0 cm³/mol. The van der Waals surface area contributed by atoms with E-state index in [1.165, 1.54) is 13.2 Å². The summed E-state index contributed by atoms with van der Waals surface area (Å²) >= 11 is 3.28. The van der Waals surface area contributed by atoms with Crippen molar-refractivity contribution in [1.29, 1.82) is 0 Å². The molecule has 0 atom stereocenters. The smallest absolute Gasteiger partial charge is 0.188 e. The number of hydrogen-bond donors (Lipinski definition) is 0. The molecule has 0 heterocycles. The van der Waals surface area contributed by atoms with E-state index in [1.54, 1.807) is 6.07 Å². The third-order valence-electron chi connectivity index (χ3n) is 1.81. The molecule has 0 amide bonds. The number of benzene rings is 1. The van der Waals surface area contributed by atoms with Gasteiger partial charge in [0.15, 0.2) is 18.4 Å². The maximum Gasteiger partial charge on any atom is 0.188 e. The van der Waals surface area contributed by atoms with Gasteiger partial charge >= 0.3 is 0 Å². The number of rotatable bonds is 4. The number of ether oxygens (including phenoxy) is 2. The molecular weight excluding hydrogens is 251 g/mol. The fourth-order valence-corrected chi connectivity index (χ4v) is 1.67. The highest BCUT2D eigenvalue weighted by Gasteiger charge is 2.07. The van der Waals surface area contributed by atoms with Crippen molar-refractivity contribution < 1.29 is 13.9 Å². The Morgan fingerprint density at radius 3 is 2.71 bits per heavy atom. The van der Waals surface area contributed by atoms with Crippen molar-refractivity contribution in [3.63, 3.8) is 0 Å². The van der Waals surface area contributed by atoms with Gasteiger partial charge in [0.1, 0.15) is 0 Å². The van der Waals surface area contributed by atoms with Crippen molar-refractivity contribution in [3.05, 3.63) is 28.0 Å². The minimum absolute atomic E-state index is 0.0572. The summed E-state index contributed by atoms with van der Waals surface area (Å²) in [5.41, 5.74) is 1.01. The van der Waals surface area contributed by atoms with Crippen LogP contribution in [0, 0.1) is 5.82 Å². The molecule has 0 N–H and O–H groups in total. The number of halogens is 2. The van der Waals surface area contributed by atoms with E-state index in [0.29, 0.717) is 0 Å². The summed E-state index contributed by atoms with van der Waals surface area (Å²) in [7, 11) is 1.50. The zero-order valence-electron chi connectivity index (χ0n) is 8.14. The van der Waals surface area contributed by atoms with Crippen molar-refractivity contribution in [2.75, 3.05) is 13.9 Å². The van der Waals surface area contributed by atoms with Gasteiger partial charge in [-0.25, -0.2) is 4.39 Å². The van der Waals surface area contributed by atoms with Crippen molar-refractivity contribution in [2.24, 2.45) is 0 Å². The second-order valence-corrected chi connectivity index (χ2v) is 3.63. The Labute approximate surface area is 91.2 Å². The highest BCUT2D eigenvalue weighted by atomic mass is 79.9. The summed E-state index contributed by atoms with van der Waals surface area (Å²) < 4.78 is 23.8. The van der Waals surface area contributed by atoms with Gasteiger partial charge < -0.3 is 9.47 Å². The molecule has 0 bridgehead atoms. The molecular formula is C10H12BrFO2. The van der Waals surface area contributed by atoms with Gasteiger partial charge in [-0.2, -0.15) is 0 Å². The van der Waals surface area contributed by atoms with Crippen molar-refractivity contribution in [3.8, 4) is 5.75 Å². The van der Waals surface area contributed by atoms with Crippen LogP contribution in [0.25, 0.3) is 0 Å². The average molecular weight is 263 g/mol. The molecule has 0 unspecified atom stereocenters. The van der Waals surface area contributed by atoms with Gasteiger partial charge in [0.2, 0.25) is 0 Å². The number of methoxy groups -OCH3 is 1. The minimum Gasteiger partial charge on any atom is -0.464 e. The van der Waals surface area contributed by atoms with Gasteiger partial charge in [0.25, 0.3) is 0 Å². The van der Waals surface area contributed by atoms with Crippen LogP contribution in [0.3, 0.4) is 0 Å². The van der Waals surface area contributed by atoms with Crippen LogP contribution in [-0.2, 0) is 11.2 Å². The van der Waals surface area contributed by atoms with Crippen LogP contribution in [-0.4, -0.2) is 13.9 Å². The lowest BCUT2D eigenvalue weighted by molar-refractivity contribution is 0.0482. The molecule has 1 aromatic carbocycles. The average Bonchev–Trinajstić information content (AvgIpc) is 2.17. The van der Waals surface area contributed by atoms with E-state index in [9.17, 15) is 4.39 Å². The summed E-state index contributed by atoms with van der Waals surface area (Å²) in [4.78, 5) is 0. The first-order valence-electron chi connectivity index (χ1n) is 4.28. The zero-order chi connectivity index (χ0) is 10.6. The second kappa shape index (κ2) is 5.32. The maximum absolute atomic E-state index is 13.3. The fraction of sp³-hybridized carbons (Fsp3) is 0.400. The van der Waals surface area contributed by atoms with Crippen molar-refractivity contribution in [2.45, 2.75) is 13.3 Å². The Hall–Kier alpha value is -0.610. The van der Waals surface area contributed by atoms with Crippen LogP contribution >= 0.6 is 15.9 Å². The highest BCUT2D eigenvalue weighted by Crippen LogP contribution is 2.26.